The van der Waals surface area contributed by atoms with Crippen LogP contribution in [0.1, 0.15) is 50.5 Å². The van der Waals surface area contributed by atoms with Crippen molar-refractivity contribution in [2.45, 2.75) is 57.5 Å². The number of benzene rings is 1. The minimum absolute atomic E-state index is 0.140. The fraction of sp³-hybridized carbons (Fsp3) is 0.632. The van der Waals surface area contributed by atoms with Gasteiger partial charge in [-0.05, 0) is 37.6 Å². The Hall–Kier alpha value is -1.55. The first-order valence-electron chi connectivity index (χ1n) is 8.78. The van der Waals surface area contributed by atoms with Crippen molar-refractivity contribution in [1.82, 2.24) is 10.2 Å². The third kappa shape index (κ3) is 6.61. The Morgan fingerprint density at radius 2 is 1.91 bits per heavy atom. The minimum Gasteiger partial charge on any atom is -0.497 e. The number of nitrogens with one attached hydrogen (secondary N) is 1. The molecule has 1 aliphatic rings. The Morgan fingerprint density at radius 1 is 1.22 bits per heavy atom. The molecule has 2 rings (SSSR count). The van der Waals surface area contributed by atoms with Crippen molar-refractivity contribution in [3.63, 3.8) is 0 Å². The van der Waals surface area contributed by atoms with Crippen molar-refractivity contribution in [2.75, 3.05) is 20.7 Å². The van der Waals surface area contributed by atoms with Gasteiger partial charge >= 0.3 is 0 Å². The first-order chi connectivity index (χ1) is 11.2. The molecule has 4 nitrogen and oxygen atoms in total. The average molecular weight is 318 g/mol. The summed E-state index contributed by atoms with van der Waals surface area (Å²) in [4.78, 5) is 14.3. The van der Waals surface area contributed by atoms with Gasteiger partial charge in [0.05, 0.1) is 13.7 Å². The largest absolute Gasteiger partial charge is 0.497 e. The van der Waals surface area contributed by atoms with E-state index < -0.39 is 0 Å². The van der Waals surface area contributed by atoms with Gasteiger partial charge in [0.1, 0.15) is 5.75 Å². The van der Waals surface area contributed by atoms with Crippen LogP contribution in [0.15, 0.2) is 24.3 Å². The van der Waals surface area contributed by atoms with Crippen molar-refractivity contribution in [2.24, 2.45) is 0 Å². The zero-order valence-corrected chi connectivity index (χ0v) is 14.5. The molecule has 128 valence electrons. The Morgan fingerprint density at radius 3 is 2.61 bits per heavy atom. The second kappa shape index (κ2) is 9.56. The van der Waals surface area contributed by atoms with E-state index in [9.17, 15) is 4.79 Å². The maximum atomic E-state index is 12.3. The van der Waals surface area contributed by atoms with E-state index in [0.29, 0.717) is 12.6 Å². The highest BCUT2D eigenvalue weighted by Gasteiger charge is 2.15. The van der Waals surface area contributed by atoms with Gasteiger partial charge in [-0.3, -0.25) is 9.69 Å². The number of methoxy groups -OCH3 is 1. The van der Waals surface area contributed by atoms with Crippen LogP contribution in [0.2, 0.25) is 0 Å². The van der Waals surface area contributed by atoms with Crippen LogP contribution in [0, 0.1) is 0 Å². The van der Waals surface area contributed by atoms with E-state index in [-0.39, 0.29) is 5.91 Å². The summed E-state index contributed by atoms with van der Waals surface area (Å²) in [6.07, 6.45) is 8.71. The first kappa shape index (κ1) is 17.8. The highest BCUT2D eigenvalue weighted by molar-refractivity contribution is 5.78. The van der Waals surface area contributed by atoms with Crippen LogP contribution in [-0.2, 0) is 11.3 Å². The van der Waals surface area contributed by atoms with Crippen molar-refractivity contribution < 1.29 is 9.53 Å². The molecular formula is C19H30N2O2. The van der Waals surface area contributed by atoms with Crippen LogP contribution in [0.4, 0.5) is 0 Å². The molecular weight excluding hydrogens is 288 g/mol. The molecule has 1 aromatic carbocycles. The van der Waals surface area contributed by atoms with Gasteiger partial charge < -0.3 is 10.1 Å². The van der Waals surface area contributed by atoms with Crippen LogP contribution in [0.25, 0.3) is 0 Å². The molecule has 0 aliphatic heterocycles. The number of nitrogens with zero attached hydrogens (tertiary/aromatic N) is 1. The molecule has 0 radical (unpaired) electrons. The summed E-state index contributed by atoms with van der Waals surface area (Å²) in [5.74, 6) is 0.996. The summed E-state index contributed by atoms with van der Waals surface area (Å²) in [6, 6.07) is 8.36. The van der Waals surface area contributed by atoms with E-state index in [2.05, 4.69) is 11.4 Å². The lowest BCUT2D eigenvalue weighted by Crippen LogP contribution is -2.41. The molecule has 1 fully saturated rings. The molecule has 1 aromatic rings. The zero-order chi connectivity index (χ0) is 16.5. The van der Waals surface area contributed by atoms with Crippen LogP contribution in [0.3, 0.4) is 0 Å². The molecule has 23 heavy (non-hydrogen) atoms. The van der Waals surface area contributed by atoms with E-state index >= 15 is 0 Å². The summed E-state index contributed by atoms with van der Waals surface area (Å²) >= 11 is 0. The Balaban J connectivity index is 1.77. The first-order valence-corrected chi connectivity index (χ1v) is 8.78. The van der Waals surface area contributed by atoms with Gasteiger partial charge in [0.2, 0.25) is 5.91 Å². The highest BCUT2D eigenvalue weighted by Crippen LogP contribution is 2.17. The van der Waals surface area contributed by atoms with Crippen molar-refractivity contribution in [3.8, 4) is 5.75 Å². The number of ether oxygens (including phenoxy) is 1. The molecule has 4 heteroatoms. The Labute approximate surface area is 140 Å². The van der Waals surface area contributed by atoms with Gasteiger partial charge in [-0.2, -0.15) is 0 Å². The maximum absolute atomic E-state index is 12.3. The molecule has 1 aliphatic carbocycles. The molecule has 0 atom stereocenters. The lowest BCUT2D eigenvalue weighted by Gasteiger charge is -2.23. The quantitative estimate of drug-likeness (QED) is 0.874. The number of carbonyl (C=O) groups excluding carboxylic acids is 1. The summed E-state index contributed by atoms with van der Waals surface area (Å²) < 4.78 is 5.24. The smallest absolute Gasteiger partial charge is 0.234 e. The summed E-state index contributed by atoms with van der Waals surface area (Å²) in [6.45, 7) is 1.18. The minimum atomic E-state index is 0.140. The predicted octanol–water partition coefficient (Wildman–Crippen LogP) is 3.36. The molecule has 0 spiro atoms. The van der Waals surface area contributed by atoms with E-state index in [1.54, 1.807) is 7.11 Å². The average Bonchev–Trinajstić information content (AvgIpc) is 2.49. The predicted molar refractivity (Wildman–Crippen MR) is 93.6 cm³/mol. The SMILES string of the molecule is COc1cccc(CN(C)CC(=O)NC2CCCCCCC2)c1. The highest BCUT2D eigenvalue weighted by atomic mass is 16.5. The van der Waals surface area contributed by atoms with Crippen LogP contribution in [-0.4, -0.2) is 37.6 Å². The van der Waals surface area contributed by atoms with Crippen molar-refractivity contribution >= 4 is 5.91 Å². The summed E-state index contributed by atoms with van der Waals surface area (Å²) in [5, 5.41) is 3.22. The van der Waals surface area contributed by atoms with E-state index in [4.69, 9.17) is 4.74 Å². The Bertz CT molecular complexity index is 482. The number of hydrogen-bond donors (Lipinski definition) is 1. The lowest BCUT2D eigenvalue weighted by atomic mass is 9.97. The molecule has 1 N–H and O–H groups in total. The number of amides is 1. The van der Waals surface area contributed by atoms with Gasteiger partial charge in [-0.25, -0.2) is 0 Å². The second-order valence-corrected chi connectivity index (χ2v) is 6.63. The maximum Gasteiger partial charge on any atom is 0.234 e. The third-order valence-corrected chi connectivity index (χ3v) is 4.47. The van der Waals surface area contributed by atoms with Gasteiger partial charge in [-0.15, -0.1) is 0 Å². The van der Waals surface area contributed by atoms with Gasteiger partial charge in [0.15, 0.2) is 0 Å². The molecule has 1 saturated carbocycles. The number of carbonyl (C=O) groups is 1. The van der Waals surface area contributed by atoms with E-state index in [1.165, 1.54) is 32.1 Å². The van der Waals surface area contributed by atoms with Crippen LogP contribution in [0.5, 0.6) is 5.75 Å². The molecule has 0 bridgehead atoms. The van der Waals surface area contributed by atoms with Crippen molar-refractivity contribution in [1.29, 1.82) is 0 Å². The third-order valence-electron chi connectivity index (χ3n) is 4.47. The topological polar surface area (TPSA) is 41.6 Å². The van der Waals surface area contributed by atoms with Crippen LogP contribution >= 0.6 is 0 Å². The summed E-state index contributed by atoms with van der Waals surface area (Å²) in [5.41, 5.74) is 1.16. The van der Waals surface area contributed by atoms with Gasteiger partial charge in [-0.1, -0.05) is 44.2 Å². The number of rotatable bonds is 6. The van der Waals surface area contributed by atoms with Gasteiger partial charge in [0.25, 0.3) is 0 Å². The second-order valence-electron chi connectivity index (χ2n) is 6.63. The fourth-order valence-electron chi connectivity index (χ4n) is 3.26. The Kier molecular flexibility index (Phi) is 7.40. The molecule has 0 saturated heterocycles. The lowest BCUT2D eigenvalue weighted by molar-refractivity contribution is -0.122. The molecule has 0 heterocycles. The molecule has 0 aromatic heterocycles. The number of hydrogen-bond acceptors (Lipinski definition) is 3. The standard InChI is InChI=1S/C19H30N2O2/c1-21(14-16-9-8-12-18(13-16)23-2)15-19(22)20-17-10-6-4-3-5-7-11-17/h8-9,12-13,17H,3-7,10-11,14-15H2,1-2H3,(H,20,22). The normalized spacial score (nSPS) is 16.7. The van der Waals surface area contributed by atoms with Gasteiger partial charge in [0, 0.05) is 12.6 Å². The fourth-order valence-corrected chi connectivity index (χ4v) is 3.26. The molecule has 0 unspecified atom stereocenters. The monoisotopic (exact) mass is 318 g/mol. The zero-order valence-electron chi connectivity index (χ0n) is 14.5. The van der Waals surface area contributed by atoms with E-state index in [0.717, 1.165) is 30.7 Å². The number of likely N-dealkylation sites (N-methyl/N-ethyl adjacent to an activating group) is 1. The van der Waals surface area contributed by atoms with Crippen molar-refractivity contribution in [3.05, 3.63) is 29.8 Å². The summed E-state index contributed by atoms with van der Waals surface area (Å²) in [7, 11) is 3.66. The van der Waals surface area contributed by atoms with E-state index in [1.807, 2.05) is 30.1 Å². The van der Waals surface area contributed by atoms with Crippen LogP contribution < -0.4 is 10.1 Å². The molecule has 1 amide bonds.